The Balaban J connectivity index is 1.39. The van der Waals surface area contributed by atoms with Gasteiger partial charge in [-0.3, -0.25) is 0 Å². The molecule has 0 unspecified atom stereocenters. The van der Waals surface area contributed by atoms with Gasteiger partial charge in [-0.25, -0.2) is 0 Å². The first-order valence-electron chi connectivity index (χ1n) is 12.1. The summed E-state index contributed by atoms with van der Waals surface area (Å²) in [5, 5.41) is 2.59. The fraction of sp³-hybridized carbons (Fsp3) is 0.0588. The second kappa shape index (κ2) is 8.77. The molecule has 5 aromatic carbocycles. The van der Waals surface area contributed by atoms with Gasteiger partial charge in [0.2, 0.25) is 0 Å². The van der Waals surface area contributed by atoms with Crippen molar-refractivity contribution in [1.82, 2.24) is 4.57 Å². The van der Waals surface area contributed by atoms with E-state index in [-0.39, 0.29) is 0 Å². The molecule has 6 aromatic rings. The molecule has 0 aliphatic carbocycles. The van der Waals surface area contributed by atoms with Gasteiger partial charge in [0.15, 0.2) is 0 Å². The maximum absolute atomic E-state index is 2.41. The van der Waals surface area contributed by atoms with E-state index < -0.39 is 0 Å². The Labute approximate surface area is 206 Å². The first kappa shape index (κ1) is 21.2. The van der Waals surface area contributed by atoms with Crippen LogP contribution in [0.5, 0.6) is 0 Å². The van der Waals surface area contributed by atoms with Crippen molar-refractivity contribution in [3.63, 3.8) is 0 Å². The van der Waals surface area contributed by atoms with Crippen LogP contribution in [0.4, 0.5) is 0 Å². The molecule has 1 heteroatoms. The normalized spacial score (nSPS) is 11.6. The number of benzene rings is 5. The third kappa shape index (κ3) is 3.86. The Morgan fingerprint density at radius 3 is 1.69 bits per heavy atom. The number of aryl methyl sites for hydroxylation is 2. The molecule has 0 radical (unpaired) electrons. The molecule has 0 saturated heterocycles. The highest BCUT2D eigenvalue weighted by molar-refractivity contribution is 6.09. The summed E-state index contributed by atoms with van der Waals surface area (Å²) in [5.74, 6) is 0. The van der Waals surface area contributed by atoms with E-state index in [0.29, 0.717) is 0 Å². The quantitative estimate of drug-likeness (QED) is 0.236. The summed E-state index contributed by atoms with van der Waals surface area (Å²) in [7, 11) is 0. The van der Waals surface area contributed by atoms with E-state index in [1.807, 2.05) is 6.07 Å². The van der Waals surface area contributed by atoms with Crippen LogP contribution in [0.15, 0.2) is 115 Å². The Kier molecular flexibility index (Phi) is 5.31. The molecule has 0 bridgehead atoms. The molecular weight excluding hydrogens is 422 g/mol. The van der Waals surface area contributed by atoms with Gasteiger partial charge < -0.3 is 4.57 Å². The molecule has 1 nitrogen and oxygen atoms in total. The van der Waals surface area contributed by atoms with Crippen LogP contribution in [0.1, 0.15) is 22.3 Å². The number of aromatic nitrogens is 1. The van der Waals surface area contributed by atoms with Crippen LogP contribution in [0.2, 0.25) is 0 Å². The maximum atomic E-state index is 2.41. The topological polar surface area (TPSA) is 4.93 Å². The van der Waals surface area contributed by atoms with Gasteiger partial charge in [-0.05, 0) is 71.5 Å². The molecule has 168 valence electrons. The van der Waals surface area contributed by atoms with Crippen molar-refractivity contribution in [1.29, 1.82) is 0 Å². The van der Waals surface area contributed by atoms with E-state index in [4.69, 9.17) is 0 Å². The fourth-order valence-electron chi connectivity index (χ4n) is 5.07. The van der Waals surface area contributed by atoms with Gasteiger partial charge >= 0.3 is 0 Å². The maximum Gasteiger partial charge on any atom is 0.0541 e. The average molecular weight is 450 g/mol. The summed E-state index contributed by atoms with van der Waals surface area (Å²) in [4.78, 5) is 0. The third-order valence-electron chi connectivity index (χ3n) is 6.85. The predicted octanol–water partition coefficient (Wildman–Crippen LogP) is 9.24. The van der Waals surface area contributed by atoms with E-state index in [0.717, 1.165) is 0 Å². The molecule has 0 spiro atoms. The molecular formula is C34H27N. The van der Waals surface area contributed by atoms with Crippen molar-refractivity contribution in [3.8, 4) is 16.8 Å². The minimum absolute atomic E-state index is 1.20. The Morgan fingerprint density at radius 1 is 0.514 bits per heavy atom. The molecule has 35 heavy (non-hydrogen) atoms. The van der Waals surface area contributed by atoms with E-state index in [2.05, 4.69) is 140 Å². The lowest BCUT2D eigenvalue weighted by atomic mass is 9.96. The molecule has 6 rings (SSSR count). The van der Waals surface area contributed by atoms with Gasteiger partial charge in [0.1, 0.15) is 0 Å². The van der Waals surface area contributed by atoms with Crippen molar-refractivity contribution in [2.24, 2.45) is 0 Å². The zero-order chi connectivity index (χ0) is 23.8. The SMILES string of the molecule is Cc1cc(-n2c3ccccc3c3ccccc32)c(C)cc1-c1ccc(C=Cc2ccccc2)cc1. The summed E-state index contributed by atoms with van der Waals surface area (Å²) >= 11 is 0. The lowest BCUT2D eigenvalue weighted by Crippen LogP contribution is -1.99. The number of nitrogens with zero attached hydrogens (tertiary/aromatic N) is 1. The van der Waals surface area contributed by atoms with Crippen molar-refractivity contribution in [3.05, 3.63) is 138 Å². The first-order chi connectivity index (χ1) is 17.2. The Morgan fingerprint density at radius 2 is 1.06 bits per heavy atom. The van der Waals surface area contributed by atoms with Gasteiger partial charge in [0, 0.05) is 16.5 Å². The summed E-state index contributed by atoms with van der Waals surface area (Å²) in [6.45, 7) is 4.44. The highest BCUT2D eigenvalue weighted by atomic mass is 15.0. The van der Waals surface area contributed by atoms with Crippen LogP contribution in [-0.4, -0.2) is 4.57 Å². The van der Waals surface area contributed by atoms with Crippen LogP contribution in [0.25, 0.3) is 50.8 Å². The third-order valence-corrected chi connectivity index (χ3v) is 6.85. The average Bonchev–Trinajstić information content (AvgIpc) is 3.24. The molecule has 0 amide bonds. The van der Waals surface area contributed by atoms with Crippen molar-refractivity contribution in [2.75, 3.05) is 0 Å². The molecule has 0 saturated carbocycles. The molecule has 0 aliphatic rings. The monoisotopic (exact) mass is 449 g/mol. The van der Waals surface area contributed by atoms with Gasteiger partial charge in [-0.1, -0.05) is 103 Å². The summed E-state index contributed by atoms with van der Waals surface area (Å²) in [5.41, 5.74) is 11.2. The van der Waals surface area contributed by atoms with E-state index >= 15 is 0 Å². The minimum Gasteiger partial charge on any atom is -0.309 e. The Hall–Kier alpha value is -4.36. The standard InChI is InChI=1S/C34H27N/c1-24-23-34(35-32-14-8-6-12-29(32)30-13-7-9-15-33(30)35)25(2)22-31(24)28-20-18-27(19-21-28)17-16-26-10-4-3-5-11-26/h3-23H,1-2H3. The minimum atomic E-state index is 1.20. The van der Waals surface area contributed by atoms with Crippen molar-refractivity contribution in [2.45, 2.75) is 13.8 Å². The van der Waals surface area contributed by atoms with Crippen LogP contribution >= 0.6 is 0 Å². The van der Waals surface area contributed by atoms with Crippen LogP contribution in [0, 0.1) is 13.8 Å². The molecule has 0 aliphatic heterocycles. The van der Waals surface area contributed by atoms with E-state index in [1.54, 1.807) is 0 Å². The van der Waals surface area contributed by atoms with Crippen molar-refractivity contribution < 1.29 is 0 Å². The van der Waals surface area contributed by atoms with Crippen LogP contribution < -0.4 is 0 Å². The van der Waals surface area contributed by atoms with Gasteiger partial charge in [0.05, 0.1) is 11.0 Å². The second-order valence-corrected chi connectivity index (χ2v) is 9.19. The van der Waals surface area contributed by atoms with Crippen LogP contribution in [0.3, 0.4) is 0 Å². The first-order valence-corrected chi connectivity index (χ1v) is 12.1. The molecule has 1 heterocycles. The zero-order valence-electron chi connectivity index (χ0n) is 20.1. The molecule has 1 aromatic heterocycles. The summed E-state index contributed by atoms with van der Waals surface area (Å²) in [6.07, 6.45) is 4.33. The largest absolute Gasteiger partial charge is 0.309 e. The number of rotatable bonds is 4. The number of hydrogen-bond donors (Lipinski definition) is 0. The zero-order valence-corrected chi connectivity index (χ0v) is 20.1. The smallest absolute Gasteiger partial charge is 0.0541 e. The number of para-hydroxylation sites is 2. The lowest BCUT2D eigenvalue weighted by Gasteiger charge is -2.16. The predicted molar refractivity (Wildman–Crippen MR) is 151 cm³/mol. The Bertz CT molecular complexity index is 1630. The van der Waals surface area contributed by atoms with Crippen molar-refractivity contribution >= 4 is 34.0 Å². The molecule has 0 fully saturated rings. The van der Waals surface area contributed by atoms with Gasteiger partial charge in [0.25, 0.3) is 0 Å². The highest BCUT2D eigenvalue weighted by Crippen LogP contribution is 2.35. The second-order valence-electron chi connectivity index (χ2n) is 9.19. The summed E-state index contributed by atoms with van der Waals surface area (Å²) < 4.78 is 2.41. The lowest BCUT2D eigenvalue weighted by molar-refractivity contribution is 1.14. The van der Waals surface area contributed by atoms with Gasteiger partial charge in [-0.2, -0.15) is 0 Å². The van der Waals surface area contributed by atoms with Crippen LogP contribution in [-0.2, 0) is 0 Å². The molecule has 0 N–H and O–H groups in total. The van der Waals surface area contributed by atoms with E-state index in [1.165, 1.54) is 60.9 Å². The highest BCUT2D eigenvalue weighted by Gasteiger charge is 2.14. The fourth-order valence-corrected chi connectivity index (χ4v) is 5.07. The summed E-state index contributed by atoms with van der Waals surface area (Å²) in [6, 6.07) is 41.3. The number of hydrogen-bond acceptors (Lipinski definition) is 0. The number of fused-ring (bicyclic) bond motifs is 3. The van der Waals surface area contributed by atoms with Gasteiger partial charge in [-0.15, -0.1) is 0 Å². The molecule has 0 atom stereocenters. The van der Waals surface area contributed by atoms with E-state index in [9.17, 15) is 0 Å².